The predicted octanol–water partition coefficient (Wildman–Crippen LogP) is 12.6. The average Bonchev–Trinajstić information content (AvgIpc) is 3.35. The Morgan fingerprint density at radius 1 is 0.348 bits per heavy atom. The lowest BCUT2D eigenvalue weighted by Gasteiger charge is -2.26. The average molecular weight is 588 g/mol. The van der Waals surface area contributed by atoms with Crippen molar-refractivity contribution in [3.8, 4) is 22.3 Å². The first-order valence-corrected chi connectivity index (χ1v) is 16.1. The Balaban J connectivity index is 1.05. The van der Waals surface area contributed by atoms with Crippen LogP contribution in [0.25, 0.3) is 54.6 Å². The van der Waals surface area contributed by atoms with Crippen LogP contribution < -0.4 is 4.90 Å². The molecule has 46 heavy (non-hydrogen) atoms. The monoisotopic (exact) mass is 587 g/mol. The summed E-state index contributed by atoms with van der Waals surface area (Å²) in [5.41, 5.74) is 11.2. The van der Waals surface area contributed by atoms with Crippen LogP contribution in [0.15, 0.2) is 164 Å². The van der Waals surface area contributed by atoms with Gasteiger partial charge in [0.15, 0.2) is 0 Å². The highest BCUT2D eigenvalue weighted by atomic mass is 15.1. The summed E-state index contributed by atoms with van der Waals surface area (Å²) in [6.45, 7) is 4.73. The number of nitrogens with zero attached hydrogens (tertiary/aromatic N) is 1. The zero-order valence-electron chi connectivity index (χ0n) is 26.0. The highest BCUT2D eigenvalue weighted by Gasteiger charge is 2.34. The number of fused-ring (bicyclic) bond motifs is 1. The fraction of sp³-hybridized carbons (Fsp3) is 0.0667. The van der Waals surface area contributed by atoms with Gasteiger partial charge in [-0.15, -0.1) is 0 Å². The highest BCUT2D eigenvalue weighted by molar-refractivity contribution is 6.15. The molecule has 0 aromatic heterocycles. The Morgan fingerprint density at radius 2 is 0.891 bits per heavy atom. The Labute approximate surface area is 270 Å². The van der Waals surface area contributed by atoms with Gasteiger partial charge in [0.2, 0.25) is 0 Å². The van der Waals surface area contributed by atoms with Crippen LogP contribution in [0.2, 0.25) is 0 Å². The molecular weight excluding hydrogens is 555 g/mol. The van der Waals surface area contributed by atoms with Gasteiger partial charge in [-0.2, -0.15) is 0 Å². The van der Waals surface area contributed by atoms with E-state index in [1.165, 1.54) is 65.7 Å². The molecule has 0 radical (unpaired) electrons. The molecular formula is C45H33N. The van der Waals surface area contributed by atoms with E-state index in [0.717, 1.165) is 17.1 Å². The van der Waals surface area contributed by atoms with Gasteiger partial charge in [-0.3, -0.25) is 0 Å². The van der Waals surface area contributed by atoms with Crippen molar-refractivity contribution in [2.75, 3.05) is 4.90 Å². The van der Waals surface area contributed by atoms with Crippen LogP contribution in [-0.4, -0.2) is 0 Å². The fourth-order valence-corrected chi connectivity index (χ4v) is 7.57. The number of benzene rings is 8. The highest BCUT2D eigenvalue weighted by Crippen LogP contribution is 2.50. The van der Waals surface area contributed by atoms with Crippen LogP contribution in [0.5, 0.6) is 0 Å². The van der Waals surface area contributed by atoms with Crippen molar-refractivity contribution in [3.05, 3.63) is 175 Å². The second kappa shape index (κ2) is 10.2. The third kappa shape index (κ3) is 4.16. The minimum Gasteiger partial charge on any atom is -0.310 e. The Bertz CT molecular complexity index is 2420. The van der Waals surface area contributed by atoms with Gasteiger partial charge in [0.25, 0.3) is 0 Å². The Hall–Kier alpha value is -5.66. The van der Waals surface area contributed by atoms with Crippen molar-refractivity contribution in [1.29, 1.82) is 0 Å². The summed E-state index contributed by atoms with van der Waals surface area (Å²) in [5.74, 6) is 0. The number of para-hydroxylation sites is 1. The minimum absolute atomic E-state index is 0.0143. The topological polar surface area (TPSA) is 3.24 Å². The first kappa shape index (κ1) is 26.7. The van der Waals surface area contributed by atoms with Gasteiger partial charge in [0, 0.05) is 22.5 Å². The second-order valence-corrected chi connectivity index (χ2v) is 13.0. The van der Waals surface area contributed by atoms with Crippen LogP contribution in [0, 0.1) is 0 Å². The summed E-state index contributed by atoms with van der Waals surface area (Å²) in [7, 11) is 0. The molecule has 1 aliphatic rings. The molecule has 9 rings (SSSR count). The molecule has 0 bridgehead atoms. The van der Waals surface area contributed by atoms with Gasteiger partial charge >= 0.3 is 0 Å². The molecule has 0 unspecified atom stereocenters. The lowest BCUT2D eigenvalue weighted by Crippen LogP contribution is -2.15. The van der Waals surface area contributed by atoms with Crippen molar-refractivity contribution in [2.45, 2.75) is 19.3 Å². The van der Waals surface area contributed by atoms with Crippen LogP contribution in [0.3, 0.4) is 0 Å². The second-order valence-electron chi connectivity index (χ2n) is 13.0. The number of hydrogen-bond acceptors (Lipinski definition) is 1. The van der Waals surface area contributed by atoms with Crippen molar-refractivity contribution in [3.63, 3.8) is 0 Å². The molecule has 8 aromatic carbocycles. The molecule has 0 atom stereocenters. The smallest absolute Gasteiger partial charge is 0.0468 e. The maximum atomic E-state index is 2.43. The van der Waals surface area contributed by atoms with Crippen LogP contribution in [-0.2, 0) is 5.41 Å². The maximum absolute atomic E-state index is 2.43. The van der Waals surface area contributed by atoms with Crippen LogP contribution >= 0.6 is 0 Å². The summed E-state index contributed by atoms with van der Waals surface area (Å²) in [4.78, 5) is 2.33. The first-order chi connectivity index (χ1) is 22.5. The summed E-state index contributed by atoms with van der Waals surface area (Å²) in [6, 6.07) is 60.0. The molecule has 0 amide bonds. The van der Waals surface area contributed by atoms with Crippen molar-refractivity contribution < 1.29 is 0 Å². The Morgan fingerprint density at radius 3 is 1.65 bits per heavy atom. The third-order valence-electron chi connectivity index (χ3n) is 9.99. The van der Waals surface area contributed by atoms with E-state index in [-0.39, 0.29) is 5.41 Å². The molecule has 0 N–H and O–H groups in total. The summed E-state index contributed by atoms with van der Waals surface area (Å²) in [5, 5.41) is 8.00. The number of anilines is 3. The minimum atomic E-state index is -0.0143. The molecule has 1 heteroatoms. The van der Waals surface area contributed by atoms with Gasteiger partial charge in [-0.05, 0) is 114 Å². The summed E-state index contributed by atoms with van der Waals surface area (Å²) >= 11 is 0. The first-order valence-electron chi connectivity index (χ1n) is 16.1. The van der Waals surface area contributed by atoms with E-state index in [4.69, 9.17) is 0 Å². The van der Waals surface area contributed by atoms with Gasteiger partial charge in [-0.1, -0.05) is 129 Å². The molecule has 1 aliphatic carbocycles. The molecule has 8 aromatic rings. The standard InChI is InChI=1S/C45H33N/c1-45(2)41-14-8-11-34-19-20-36-27-37(29-42(45)44(36)43(34)41)33-17-15-31(16-18-33)32-21-24-39(25-22-32)46(38-12-4-3-5-13-38)40-26-23-30-9-6-7-10-35(30)28-40/h3-29H,1-2H3. The van der Waals surface area contributed by atoms with E-state index in [1.807, 2.05) is 0 Å². The molecule has 0 aliphatic heterocycles. The Kier molecular flexibility index (Phi) is 5.92. The van der Waals surface area contributed by atoms with Crippen molar-refractivity contribution in [2.24, 2.45) is 0 Å². The molecule has 0 fully saturated rings. The maximum Gasteiger partial charge on any atom is 0.0468 e. The summed E-state index contributed by atoms with van der Waals surface area (Å²) in [6.07, 6.45) is 0. The van der Waals surface area contributed by atoms with Gasteiger partial charge in [0.1, 0.15) is 0 Å². The SMILES string of the molecule is CC1(C)c2cccc3ccc4cc(-c5ccc(-c6ccc(N(c7ccccc7)c7ccc8ccccc8c7)cc6)cc5)cc1c4c23. The van der Waals surface area contributed by atoms with E-state index in [2.05, 4.69) is 183 Å². The quantitative estimate of drug-likeness (QED) is 0.181. The molecule has 0 saturated heterocycles. The van der Waals surface area contributed by atoms with E-state index in [0.29, 0.717) is 0 Å². The van der Waals surface area contributed by atoms with Crippen LogP contribution in [0.1, 0.15) is 25.0 Å². The van der Waals surface area contributed by atoms with Crippen molar-refractivity contribution >= 4 is 49.4 Å². The van der Waals surface area contributed by atoms with Gasteiger partial charge in [-0.25, -0.2) is 0 Å². The molecule has 0 spiro atoms. The summed E-state index contributed by atoms with van der Waals surface area (Å²) < 4.78 is 0. The zero-order valence-corrected chi connectivity index (χ0v) is 26.0. The molecule has 218 valence electrons. The molecule has 0 heterocycles. The fourth-order valence-electron chi connectivity index (χ4n) is 7.57. The van der Waals surface area contributed by atoms with Crippen LogP contribution in [0.4, 0.5) is 17.1 Å². The van der Waals surface area contributed by atoms with E-state index in [1.54, 1.807) is 0 Å². The largest absolute Gasteiger partial charge is 0.310 e. The van der Waals surface area contributed by atoms with Gasteiger partial charge in [0.05, 0.1) is 0 Å². The third-order valence-corrected chi connectivity index (χ3v) is 9.99. The normalized spacial score (nSPS) is 13.2. The number of rotatable bonds is 5. The van der Waals surface area contributed by atoms with E-state index in [9.17, 15) is 0 Å². The number of hydrogen-bond donors (Lipinski definition) is 0. The lowest BCUT2D eigenvalue weighted by molar-refractivity contribution is 0.663. The van der Waals surface area contributed by atoms with Gasteiger partial charge < -0.3 is 4.90 Å². The lowest BCUT2D eigenvalue weighted by atomic mass is 9.81. The zero-order chi connectivity index (χ0) is 30.8. The predicted molar refractivity (Wildman–Crippen MR) is 197 cm³/mol. The van der Waals surface area contributed by atoms with Crippen molar-refractivity contribution in [1.82, 2.24) is 0 Å². The van der Waals surface area contributed by atoms with E-state index >= 15 is 0 Å². The van der Waals surface area contributed by atoms with E-state index < -0.39 is 0 Å². The molecule has 1 nitrogen and oxygen atoms in total. The molecule has 0 saturated carbocycles.